The number of hydrogen-bond donors (Lipinski definition) is 4. The molecule has 2 heterocycles. The average Bonchev–Trinajstić information content (AvgIpc) is 2.99. The number of nitrogens with two attached hydrogens (primary N) is 1. The van der Waals surface area contributed by atoms with E-state index in [1.54, 1.807) is 21.6 Å². The molecule has 0 radical (unpaired) electrons. The van der Waals surface area contributed by atoms with Crippen LogP contribution in [0.1, 0.15) is 12.8 Å². The van der Waals surface area contributed by atoms with Crippen molar-refractivity contribution in [2.75, 3.05) is 30.3 Å². The quantitative estimate of drug-likeness (QED) is 0.273. The van der Waals surface area contributed by atoms with Gasteiger partial charge in [0.05, 0.1) is 12.1 Å². The van der Waals surface area contributed by atoms with Gasteiger partial charge >= 0.3 is 6.03 Å². The average molecular weight is 351 g/mol. The number of carbonyl (C=O) groups excluding carboxylic acids is 2. The highest BCUT2D eigenvalue weighted by Gasteiger charge is 2.42. The Morgan fingerprint density at radius 1 is 1.38 bits per heavy atom. The summed E-state index contributed by atoms with van der Waals surface area (Å²) >= 11 is 1.84. The van der Waals surface area contributed by atoms with E-state index in [-0.39, 0.29) is 24.0 Å². The van der Waals surface area contributed by atoms with Crippen LogP contribution in [0.25, 0.3) is 0 Å². The lowest BCUT2D eigenvalue weighted by Gasteiger charge is -2.16. The number of nitrogens with one attached hydrogen (secondary N) is 3. The summed E-state index contributed by atoms with van der Waals surface area (Å²) in [5.41, 5.74) is 5.40. The number of rotatable bonds is 9. The van der Waals surface area contributed by atoms with Gasteiger partial charge in [0.2, 0.25) is 5.91 Å². The van der Waals surface area contributed by atoms with Crippen LogP contribution >= 0.6 is 33.3 Å². The zero-order chi connectivity index (χ0) is 15.1. The lowest BCUT2D eigenvalue weighted by molar-refractivity contribution is -0.121. The SMILES string of the molecule is NCCSSCCNC(=O)CCC1SCC2NC(=O)NC21. The molecule has 120 valence electrons. The molecule has 3 unspecified atom stereocenters. The predicted octanol–water partition coefficient (Wildman–Crippen LogP) is 0.388. The van der Waals surface area contributed by atoms with E-state index in [1.807, 2.05) is 11.8 Å². The van der Waals surface area contributed by atoms with Gasteiger partial charge in [0.15, 0.2) is 0 Å². The van der Waals surface area contributed by atoms with Crippen molar-refractivity contribution in [2.45, 2.75) is 30.2 Å². The Morgan fingerprint density at radius 2 is 2.19 bits per heavy atom. The highest BCUT2D eigenvalue weighted by atomic mass is 33.1. The number of amides is 3. The molecule has 21 heavy (non-hydrogen) atoms. The molecule has 5 N–H and O–H groups in total. The summed E-state index contributed by atoms with van der Waals surface area (Å²) in [5, 5.41) is 9.13. The molecule has 0 aliphatic carbocycles. The first-order valence-electron chi connectivity index (χ1n) is 7.10. The van der Waals surface area contributed by atoms with Gasteiger partial charge in [-0.3, -0.25) is 4.79 Å². The number of urea groups is 1. The largest absolute Gasteiger partial charge is 0.355 e. The number of hydrogen-bond acceptors (Lipinski definition) is 6. The first-order valence-corrected chi connectivity index (χ1v) is 10.6. The van der Waals surface area contributed by atoms with E-state index in [0.717, 1.165) is 23.7 Å². The van der Waals surface area contributed by atoms with Gasteiger partial charge in [0.1, 0.15) is 0 Å². The molecule has 2 aliphatic heterocycles. The molecule has 6 nitrogen and oxygen atoms in total. The lowest BCUT2D eigenvalue weighted by atomic mass is 10.0. The summed E-state index contributed by atoms with van der Waals surface area (Å²) in [5.74, 6) is 2.88. The van der Waals surface area contributed by atoms with E-state index < -0.39 is 0 Å². The van der Waals surface area contributed by atoms with Crippen LogP contribution in [0.4, 0.5) is 4.79 Å². The Morgan fingerprint density at radius 3 is 3.00 bits per heavy atom. The van der Waals surface area contributed by atoms with Crippen LogP contribution in [0.5, 0.6) is 0 Å². The first kappa shape index (κ1) is 17.1. The van der Waals surface area contributed by atoms with Gasteiger partial charge in [-0.15, -0.1) is 0 Å². The Bertz CT molecular complexity index is 372. The number of carbonyl (C=O) groups is 2. The lowest BCUT2D eigenvalue weighted by Crippen LogP contribution is -2.37. The number of thioether (sulfide) groups is 1. The maximum absolute atomic E-state index is 11.8. The Balaban J connectivity index is 1.54. The molecule has 2 aliphatic rings. The predicted molar refractivity (Wildman–Crippen MR) is 91.7 cm³/mol. The van der Waals surface area contributed by atoms with E-state index in [4.69, 9.17) is 5.73 Å². The topological polar surface area (TPSA) is 96.2 Å². The molecular formula is C12H22N4O2S3. The second-order valence-corrected chi connectivity index (χ2v) is 8.92. The van der Waals surface area contributed by atoms with E-state index >= 15 is 0 Å². The summed E-state index contributed by atoms with van der Waals surface area (Å²) in [6.07, 6.45) is 1.34. The Kier molecular flexibility index (Phi) is 7.35. The van der Waals surface area contributed by atoms with Crippen molar-refractivity contribution in [1.29, 1.82) is 0 Å². The van der Waals surface area contributed by atoms with Crippen LogP contribution in [0.3, 0.4) is 0 Å². The van der Waals surface area contributed by atoms with Gasteiger partial charge in [-0.2, -0.15) is 11.8 Å². The smallest absolute Gasteiger partial charge is 0.315 e. The van der Waals surface area contributed by atoms with Gasteiger partial charge in [-0.1, -0.05) is 21.6 Å². The minimum Gasteiger partial charge on any atom is -0.355 e. The summed E-state index contributed by atoms with van der Waals surface area (Å²) in [6.45, 7) is 1.39. The molecule has 0 aromatic rings. The molecule has 2 fully saturated rings. The van der Waals surface area contributed by atoms with Crippen LogP contribution in [0.2, 0.25) is 0 Å². The van der Waals surface area contributed by atoms with Crippen LogP contribution in [0, 0.1) is 0 Å². The van der Waals surface area contributed by atoms with Gasteiger partial charge in [0, 0.05) is 42.0 Å². The maximum Gasteiger partial charge on any atom is 0.315 e. The fraction of sp³-hybridized carbons (Fsp3) is 0.833. The minimum atomic E-state index is -0.0771. The zero-order valence-electron chi connectivity index (χ0n) is 11.8. The second kappa shape index (κ2) is 9.02. The fourth-order valence-corrected chi connectivity index (χ4v) is 5.66. The molecule has 0 saturated carbocycles. The summed E-state index contributed by atoms with van der Waals surface area (Å²) in [4.78, 5) is 23.1. The molecule has 9 heteroatoms. The van der Waals surface area contributed by atoms with Gasteiger partial charge < -0.3 is 21.7 Å². The number of fused-ring (bicyclic) bond motifs is 1. The van der Waals surface area contributed by atoms with Crippen LogP contribution < -0.4 is 21.7 Å². The third-order valence-corrected chi connectivity index (χ3v) is 7.33. The Hall–Kier alpha value is -0.250. The standard InChI is InChI=1S/C12H22N4O2S3/c13-3-5-20-21-6-4-14-10(17)2-1-9-11-8(7-19-9)15-12(18)16-11/h8-9,11H,1-7,13H2,(H,14,17)(H2,15,16,18). The Labute approximate surface area is 137 Å². The molecule has 3 amide bonds. The molecular weight excluding hydrogens is 328 g/mol. The molecule has 0 aromatic carbocycles. The van der Waals surface area contributed by atoms with Crippen molar-refractivity contribution in [3.8, 4) is 0 Å². The van der Waals surface area contributed by atoms with Crippen molar-refractivity contribution < 1.29 is 9.59 Å². The summed E-state index contributed by atoms with van der Waals surface area (Å²) < 4.78 is 0. The monoisotopic (exact) mass is 350 g/mol. The van der Waals surface area contributed by atoms with E-state index in [2.05, 4.69) is 16.0 Å². The third kappa shape index (κ3) is 5.46. The minimum absolute atomic E-state index is 0.0771. The molecule has 0 spiro atoms. The van der Waals surface area contributed by atoms with Crippen molar-refractivity contribution in [3.63, 3.8) is 0 Å². The van der Waals surface area contributed by atoms with Gasteiger partial charge in [0.25, 0.3) is 0 Å². The van der Waals surface area contributed by atoms with Crippen molar-refractivity contribution in [1.82, 2.24) is 16.0 Å². The first-order chi connectivity index (χ1) is 10.2. The van der Waals surface area contributed by atoms with Crippen molar-refractivity contribution in [2.24, 2.45) is 5.73 Å². The third-order valence-electron chi connectivity index (χ3n) is 3.39. The van der Waals surface area contributed by atoms with Crippen molar-refractivity contribution >= 4 is 45.3 Å². The molecule has 3 atom stereocenters. The van der Waals surface area contributed by atoms with E-state index in [1.165, 1.54) is 0 Å². The summed E-state index contributed by atoms with van der Waals surface area (Å²) in [6, 6.07) is 0.330. The van der Waals surface area contributed by atoms with Crippen molar-refractivity contribution in [3.05, 3.63) is 0 Å². The summed E-state index contributed by atoms with van der Waals surface area (Å²) in [7, 11) is 3.48. The molecule has 0 aromatic heterocycles. The van der Waals surface area contributed by atoms with E-state index in [9.17, 15) is 9.59 Å². The highest BCUT2D eigenvalue weighted by Crippen LogP contribution is 2.32. The highest BCUT2D eigenvalue weighted by molar-refractivity contribution is 8.76. The van der Waals surface area contributed by atoms with Crippen LogP contribution in [-0.4, -0.2) is 59.6 Å². The fourth-order valence-electron chi connectivity index (χ4n) is 2.40. The van der Waals surface area contributed by atoms with E-state index in [0.29, 0.717) is 24.8 Å². The van der Waals surface area contributed by atoms with Crippen LogP contribution in [-0.2, 0) is 4.79 Å². The molecule has 2 saturated heterocycles. The molecule has 0 bridgehead atoms. The van der Waals surface area contributed by atoms with Crippen LogP contribution in [0.15, 0.2) is 0 Å². The second-order valence-electron chi connectivity index (χ2n) is 4.94. The zero-order valence-corrected chi connectivity index (χ0v) is 14.2. The van der Waals surface area contributed by atoms with Gasteiger partial charge in [-0.25, -0.2) is 4.79 Å². The van der Waals surface area contributed by atoms with Gasteiger partial charge in [-0.05, 0) is 6.42 Å². The molecule has 2 rings (SSSR count). The maximum atomic E-state index is 11.8. The normalized spacial score (nSPS) is 27.1.